The lowest BCUT2D eigenvalue weighted by atomic mass is 10.2. The molecule has 0 unspecified atom stereocenters. The second kappa shape index (κ2) is 4.76. The minimum absolute atomic E-state index is 0.381. The van der Waals surface area contributed by atoms with Crippen LogP contribution in [0.3, 0.4) is 0 Å². The summed E-state index contributed by atoms with van der Waals surface area (Å²) in [5.41, 5.74) is 1.29. The first-order valence-electron chi connectivity index (χ1n) is 6.13. The molecule has 1 aliphatic rings. The van der Waals surface area contributed by atoms with Crippen molar-refractivity contribution in [3.63, 3.8) is 0 Å². The smallest absolute Gasteiger partial charge is 0.128 e. The molecule has 2 aromatic rings. The number of aryl methyl sites for hydroxylation is 3. The monoisotopic (exact) mass is 332 g/mol. The Bertz CT molecular complexity index is 652. The van der Waals surface area contributed by atoms with Crippen LogP contribution < -0.4 is 0 Å². The molecule has 0 aromatic carbocycles. The van der Waals surface area contributed by atoms with E-state index >= 15 is 0 Å². The number of alkyl halides is 2. The van der Waals surface area contributed by atoms with Crippen LogP contribution in [-0.2, 0) is 0 Å². The predicted molar refractivity (Wildman–Crippen MR) is 84.9 cm³/mol. The summed E-state index contributed by atoms with van der Waals surface area (Å²) in [6.07, 6.45) is 0.887. The molecule has 1 fully saturated rings. The van der Waals surface area contributed by atoms with Crippen molar-refractivity contribution in [3.8, 4) is 0 Å². The van der Waals surface area contributed by atoms with Crippen molar-refractivity contribution in [2.75, 3.05) is 5.75 Å². The fraction of sp³-hybridized carbons (Fsp3) is 0.538. The maximum atomic E-state index is 6.08. The van der Waals surface area contributed by atoms with Crippen molar-refractivity contribution in [2.45, 2.75) is 36.6 Å². The molecule has 0 bridgehead atoms. The molecule has 1 aliphatic carbocycles. The number of halogens is 2. The molecule has 1 saturated carbocycles. The first-order chi connectivity index (χ1) is 8.88. The second-order valence-electron chi connectivity index (χ2n) is 5.01. The molecule has 0 N–H and O–H groups in total. The molecular weight excluding hydrogens is 319 g/mol. The Kier molecular flexibility index (Phi) is 3.49. The molecule has 0 amide bonds. The summed E-state index contributed by atoms with van der Waals surface area (Å²) in [7, 11) is 0. The summed E-state index contributed by atoms with van der Waals surface area (Å²) < 4.78 is -0.506. The number of thiophene rings is 1. The molecule has 1 atom stereocenters. The van der Waals surface area contributed by atoms with Crippen molar-refractivity contribution in [3.05, 3.63) is 16.3 Å². The van der Waals surface area contributed by atoms with Crippen LogP contribution in [0.5, 0.6) is 0 Å². The van der Waals surface area contributed by atoms with Crippen molar-refractivity contribution in [1.82, 2.24) is 9.97 Å². The molecule has 0 saturated heterocycles. The van der Waals surface area contributed by atoms with Crippen LogP contribution in [0.1, 0.15) is 22.7 Å². The van der Waals surface area contributed by atoms with E-state index in [2.05, 4.69) is 23.8 Å². The van der Waals surface area contributed by atoms with Crippen LogP contribution in [0, 0.1) is 26.7 Å². The van der Waals surface area contributed by atoms with Crippen LogP contribution >= 0.6 is 46.3 Å². The number of aromatic nitrogens is 2. The number of hydrogen-bond acceptors (Lipinski definition) is 4. The number of fused-ring (bicyclic) bond motifs is 1. The summed E-state index contributed by atoms with van der Waals surface area (Å²) in [5.74, 6) is 2.13. The third-order valence-electron chi connectivity index (χ3n) is 3.48. The standard InChI is InChI=1S/C13H14Cl2N2S2/c1-6-7(2)19-12-10(6)11(16-8(3)17-12)18-5-9-4-13(9,14)15/h9H,4-5H2,1-3H3/t9-/m1/s1. The molecular formula is C13H14Cl2N2S2. The fourth-order valence-corrected chi connectivity index (χ4v) is 5.25. The van der Waals surface area contributed by atoms with Gasteiger partial charge in [0.05, 0.1) is 0 Å². The Morgan fingerprint density at radius 2 is 2.00 bits per heavy atom. The Hall–Kier alpha value is -0.0300. The quantitative estimate of drug-likeness (QED) is 0.454. The maximum absolute atomic E-state index is 6.08. The van der Waals surface area contributed by atoms with Crippen molar-refractivity contribution in [1.29, 1.82) is 0 Å². The van der Waals surface area contributed by atoms with Crippen molar-refractivity contribution in [2.24, 2.45) is 5.92 Å². The summed E-state index contributed by atoms with van der Waals surface area (Å²) in [4.78, 5) is 11.5. The van der Waals surface area contributed by atoms with E-state index in [-0.39, 0.29) is 0 Å². The average molecular weight is 333 g/mol. The highest BCUT2D eigenvalue weighted by atomic mass is 35.5. The topological polar surface area (TPSA) is 25.8 Å². The van der Waals surface area contributed by atoms with Gasteiger partial charge in [-0.3, -0.25) is 0 Å². The van der Waals surface area contributed by atoms with E-state index in [1.165, 1.54) is 15.8 Å². The van der Waals surface area contributed by atoms with E-state index in [9.17, 15) is 0 Å². The largest absolute Gasteiger partial charge is 0.226 e. The molecule has 19 heavy (non-hydrogen) atoms. The molecule has 0 aliphatic heterocycles. The molecule has 6 heteroatoms. The molecule has 3 rings (SSSR count). The number of nitrogens with zero attached hydrogens (tertiary/aromatic N) is 2. The van der Waals surface area contributed by atoms with Crippen molar-refractivity contribution >= 4 is 56.5 Å². The second-order valence-corrected chi connectivity index (χ2v) is 8.77. The highest BCUT2D eigenvalue weighted by Crippen LogP contribution is 2.55. The maximum Gasteiger partial charge on any atom is 0.128 e. The first kappa shape index (κ1) is 13.9. The Morgan fingerprint density at radius 1 is 1.32 bits per heavy atom. The van der Waals surface area contributed by atoms with Gasteiger partial charge in [-0.25, -0.2) is 9.97 Å². The van der Waals surface area contributed by atoms with Gasteiger partial charge >= 0.3 is 0 Å². The molecule has 102 valence electrons. The molecule has 2 nitrogen and oxygen atoms in total. The lowest BCUT2D eigenvalue weighted by Crippen LogP contribution is -1.96. The highest BCUT2D eigenvalue weighted by molar-refractivity contribution is 7.99. The summed E-state index contributed by atoms with van der Waals surface area (Å²) in [6, 6.07) is 0. The lowest BCUT2D eigenvalue weighted by molar-refractivity contribution is 0.966. The summed E-state index contributed by atoms with van der Waals surface area (Å²) in [6.45, 7) is 6.22. The van der Waals surface area contributed by atoms with E-state index in [0.29, 0.717) is 5.92 Å². The van der Waals surface area contributed by atoms with Gasteiger partial charge in [-0.1, -0.05) is 0 Å². The Labute approximate surface area is 130 Å². The van der Waals surface area contributed by atoms with Crippen LogP contribution in [0.25, 0.3) is 10.2 Å². The Morgan fingerprint density at radius 3 is 2.63 bits per heavy atom. The van der Waals surface area contributed by atoms with Gasteiger partial charge in [-0.2, -0.15) is 0 Å². The zero-order valence-corrected chi connectivity index (χ0v) is 14.1. The minimum Gasteiger partial charge on any atom is -0.226 e. The van der Waals surface area contributed by atoms with E-state index in [0.717, 1.165) is 27.9 Å². The van der Waals surface area contributed by atoms with Gasteiger partial charge in [0.2, 0.25) is 0 Å². The molecule has 0 radical (unpaired) electrons. The zero-order valence-electron chi connectivity index (χ0n) is 11.0. The van der Waals surface area contributed by atoms with Gasteiger partial charge in [0.15, 0.2) is 0 Å². The van der Waals surface area contributed by atoms with Gasteiger partial charge in [0, 0.05) is 21.9 Å². The fourth-order valence-electron chi connectivity index (χ4n) is 2.05. The van der Waals surface area contributed by atoms with Gasteiger partial charge in [-0.05, 0) is 32.8 Å². The number of thioether (sulfide) groups is 1. The van der Waals surface area contributed by atoms with Gasteiger partial charge < -0.3 is 0 Å². The zero-order chi connectivity index (χ0) is 13.8. The summed E-state index contributed by atoms with van der Waals surface area (Å²) in [5, 5.41) is 2.27. The predicted octanol–water partition coefficient (Wildman–Crippen LogP) is 4.90. The molecule has 2 aromatic heterocycles. The van der Waals surface area contributed by atoms with E-state index in [1.807, 2.05) is 6.92 Å². The van der Waals surface area contributed by atoms with E-state index < -0.39 is 4.33 Å². The normalized spacial score (nSPS) is 21.0. The van der Waals surface area contributed by atoms with Gasteiger partial charge in [-0.15, -0.1) is 46.3 Å². The van der Waals surface area contributed by atoms with Gasteiger partial charge in [0.25, 0.3) is 0 Å². The van der Waals surface area contributed by atoms with E-state index in [1.54, 1.807) is 23.1 Å². The lowest BCUT2D eigenvalue weighted by Gasteiger charge is -2.05. The first-order valence-corrected chi connectivity index (χ1v) is 8.69. The minimum atomic E-state index is -0.506. The SMILES string of the molecule is Cc1nc(SC[C@H]2CC2(Cl)Cl)c2c(C)c(C)sc2n1. The van der Waals surface area contributed by atoms with Crippen LogP contribution in [-0.4, -0.2) is 20.1 Å². The number of hydrogen-bond donors (Lipinski definition) is 0. The average Bonchev–Trinajstić information content (AvgIpc) is 2.82. The Balaban J connectivity index is 1.93. The highest BCUT2D eigenvalue weighted by Gasteiger charge is 2.51. The third kappa shape index (κ3) is 2.60. The van der Waals surface area contributed by atoms with E-state index in [4.69, 9.17) is 23.2 Å². The summed E-state index contributed by atoms with van der Waals surface area (Å²) >= 11 is 15.7. The molecule has 2 heterocycles. The van der Waals surface area contributed by atoms with Gasteiger partial charge in [0.1, 0.15) is 20.0 Å². The molecule has 0 spiro atoms. The van der Waals surface area contributed by atoms with Crippen LogP contribution in [0.15, 0.2) is 5.03 Å². The van der Waals surface area contributed by atoms with Crippen LogP contribution in [0.4, 0.5) is 0 Å². The van der Waals surface area contributed by atoms with Crippen LogP contribution in [0.2, 0.25) is 0 Å². The number of rotatable bonds is 3. The van der Waals surface area contributed by atoms with Crippen molar-refractivity contribution < 1.29 is 0 Å². The third-order valence-corrected chi connectivity index (χ3v) is 6.65.